The lowest BCUT2D eigenvalue weighted by atomic mass is 9.95. The third-order valence-electron chi connectivity index (χ3n) is 5.15. The van der Waals surface area contributed by atoms with Gasteiger partial charge in [0.15, 0.2) is 0 Å². The second-order valence-corrected chi connectivity index (χ2v) is 7.23. The molecule has 0 radical (unpaired) electrons. The Labute approximate surface area is 153 Å². The molecule has 0 unspecified atom stereocenters. The maximum atomic E-state index is 4.78. The number of fused-ring (bicyclic) bond motifs is 2. The SMILES string of the molecule is CC1=Cc2c(cc(-n3cc4ccccc4n3)cc2-c2ccc(C)cc2)C1. The molecule has 1 heterocycles. The van der Waals surface area contributed by atoms with Crippen LogP contribution < -0.4 is 0 Å². The van der Waals surface area contributed by atoms with Crippen LogP contribution in [-0.2, 0) is 6.42 Å². The van der Waals surface area contributed by atoms with Crippen LogP contribution in [0.5, 0.6) is 0 Å². The molecule has 1 aliphatic rings. The summed E-state index contributed by atoms with van der Waals surface area (Å²) < 4.78 is 2.01. The van der Waals surface area contributed by atoms with Gasteiger partial charge in [0.1, 0.15) is 0 Å². The van der Waals surface area contributed by atoms with E-state index < -0.39 is 0 Å². The van der Waals surface area contributed by atoms with E-state index in [0.29, 0.717) is 0 Å². The summed E-state index contributed by atoms with van der Waals surface area (Å²) in [5.74, 6) is 0. The second-order valence-electron chi connectivity index (χ2n) is 7.23. The highest BCUT2D eigenvalue weighted by Gasteiger charge is 2.17. The summed E-state index contributed by atoms with van der Waals surface area (Å²) >= 11 is 0. The Bertz CT molecular complexity index is 1130. The molecule has 0 fully saturated rings. The normalized spacial score (nSPS) is 13.1. The van der Waals surface area contributed by atoms with E-state index in [1.54, 1.807) is 0 Å². The van der Waals surface area contributed by atoms with Crippen LogP contribution in [0.15, 0.2) is 72.4 Å². The monoisotopic (exact) mass is 336 g/mol. The molecule has 0 saturated heterocycles. The van der Waals surface area contributed by atoms with Crippen molar-refractivity contribution in [3.05, 3.63) is 89.1 Å². The molecule has 0 spiro atoms. The van der Waals surface area contributed by atoms with Crippen LogP contribution in [0.1, 0.15) is 23.6 Å². The van der Waals surface area contributed by atoms with E-state index in [0.717, 1.165) is 17.6 Å². The number of hydrogen-bond acceptors (Lipinski definition) is 1. The molecule has 5 rings (SSSR count). The van der Waals surface area contributed by atoms with Crippen molar-refractivity contribution in [2.45, 2.75) is 20.3 Å². The van der Waals surface area contributed by atoms with Gasteiger partial charge in [-0.1, -0.05) is 59.7 Å². The van der Waals surface area contributed by atoms with E-state index >= 15 is 0 Å². The molecule has 0 amide bonds. The number of aryl methyl sites for hydroxylation is 1. The summed E-state index contributed by atoms with van der Waals surface area (Å²) in [5, 5.41) is 5.94. The third-order valence-corrected chi connectivity index (χ3v) is 5.15. The summed E-state index contributed by atoms with van der Waals surface area (Å²) in [6.07, 6.45) is 5.46. The second kappa shape index (κ2) is 5.70. The zero-order chi connectivity index (χ0) is 17.7. The minimum absolute atomic E-state index is 1.02. The molecule has 1 aromatic heterocycles. The van der Waals surface area contributed by atoms with Crippen LogP contribution in [0.3, 0.4) is 0 Å². The Morgan fingerprint density at radius 1 is 0.923 bits per heavy atom. The zero-order valence-electron chi connectivity index (χ0n) is 15.0. The van der Waals surface area contributed by atoms with Gasteiger partial charge < -0.3 is 0 Å². The molecule has 3 aromatic carbocycles. The van der Waals surface area contributed by atoms with Crippen molar-refractivity contribution >= 4 is 17.0 Å². The van der Waals surface area contributed by atoms with Gasteiger partial charge in [-0.15, -0.1) is 0 Å². The predicted octanol–water partition coefficient (Wildman–Crippen LogP) is 5.96. The van der Waals surface area contributed by atoms with Crippen LogP contribution >= 0.6 is 0 Å². The maximum Gasteiger partial charge on any atom is 0.0927 e. The molecule has 0 bridgehead atoms. The number of aromatic nitrogens is 2. The van der Waals surface area contributed by atoms with Gasteiger partial charge in [0, 0.05) is 11.6 Å². The lowest BCUT2D eigenvalue weighted by Gasteiger charge is -2.12. The number of allylic oxidation sites excluding steroid dienone is 1. The Kier molecular flexibility index (Phi) is 3.32. The summed E-state index contributed by atoms with van der Waals surface area (Å²) in [7, 11) is 0. The molecule has 4 aromatic rings. The number of rotatable bonds is 2. The summed E-state index contributed by atoms with van der Waals surface area (Å²) in [4.78, 5) is 0. The fraction of sp³-hybridized carbons (Fsp3) is 0.125. The largest absolute Gasteiger partial charge is 0.240 e. The summed E-state index contributed by atoms with van der Waals surface area (Å²) in [5.41, 5.74) is 10.1. The van der Waals surface area contributed by atoms with Crippen molar-refractivity contribution in [2.24, 2.45) is 0 Å². The molecular weight excluding hydrogens is 316 g/mol. The molecule has 0 saturated carbocycles. The molecular formula is C24H20N2. The average molecular weight is 336 g/mol. The van der Waals surface area contributed by atoms with Crippen molar-refractivity contribution in [1.82, 2.24) is 9.78 Å². The van der Waals surface area contributed by atoms with Crippen LogP contribution in [0, 0.1) is 6.92 Å². The lowest BCUT2D eigenvalue weighted by molar-refractivity contribution is 0.894. The van der Waals surface area contributed by atoms with E-state index in [1.807, 2.05) is 10.7 Å². The average Bonchev–Trinajstić information content (AvgIpc) is 3.24. The molecule has 0 aliphatic heterocycles. The van der Waals surface area contributed by atoms with Crippen molar-refractivity contribution in [3.63, 3.8) is 0 Å². The molecule has 2 heteroatoms. The lowest BCUT2D eigenvalue weighted by Crippen LogP contribution is -1.98. The highest BCUT2D eigenvalue weighted by atomic mass is 15.3. The fourth-order valence-corrected chi connectivity index (χ4v) is 3.81. The van der Waals surface area contributed by atoms with Crippen molar-refractivity contribution in [1.29, 1.82) is 0 Å². The van der Waals surface area contributed by atoms with Crippen LogP contribution in [0.25, 0.3) is 33.8 Å². The first-order chi connectivity index (χ1) is 12.7. The van der Waals surface area contributed by atoms with Gasteiger partial charge in [-0.3, -0.25) is 0 Å². The molecule has 0 atom stereocenters. The minimum Gasteiger partial charge on any atom is -0.240 e. The van der Waals surface area contributed by atoms with Gasteiger partial charge in [0.05, 0.1) is 11.2 Å². The van der Waals surface area contributed by atoms with Crippen molar-refractivity contribution in [2.75, 3.05) is 0 Å². The Balaban J connectivity index is 1.72. The van der Waals surface area contributed by atoms with E-state index in [1.165, 1.54) is 38.8 Å². The van der Waals surface area contributed by atoms with Gasteiger partial charge in [0.2, 0.25) is 0 Å². The highest BCUT2D eigenvalue weighted by molar-refractivity contribution is 5.83. The fourth-order valence-electron chi connectivity index (χ4n) is 3.81. The standard InChI is InChI=1S/C24H20N2/c1-16-7-9-18(10-8-16)23-14-21(13-20-11-17(2)12-22(20)23)26-15-19-5-3-4-6-24(19)25-26/h3-10,12-15H,11H2,1-2H3. The predicted molar refractivity (Wildman–Crippen MR) is 109 cm³/mol. The van der Waals surface area contributed by atoms with Crippen LogP contribution in [0.4, 0.5) is 0 Å². The number of hydrogen-bond donors (Lipinski definition) is 0. The molecule has 2 nitrogen and oxygen atoms in total. The van der Waals surface area contributed by atoms with E-state index in [9.17, 15) is 0 Å². The van der Waals surface area contributed by atoms with E-state index in [4.69, 9.17) is 5.10 Å². The molecule has 1 aliphatic carbocycles. The Morgan fingerprint density at radius 3 is 2.54 bits per heavy atom. The van der Waals surface area contributed by atoms with E-state index in [-0.39, 0.29) is 0 Å². The van der Waals surface area contributed by atoms with Gasteiger partial charge in [-0.05, 0) is 60.7 Å². The van der Waals surface area contributed by atoms with Gasteiger partial charge in [0.25, 0.3) is 0 Å². The third kappa shape index (κ3) is 2.46. The van der Waals surface area contributed by atoms with Gasteiger partial charge in [-0.2, -0.15) is 5.10 Å². The van der Waals surface area contributed by atoms with Crippen molar-refractivity contribution in [3.8, 4) is 16.8 Å². The first-order valence-corrected chi connectivity index (χ1v) is 9.03. The number of nitrogens with zero attached hydrogens (tertiary/aromatic N) is 2. The smallest absolute Gasteiger partial charge is 0.0927 e. The van der Waals surface area contributed by atoms with Gasteiger partial charge >= 0.3 is 0 Å². The zero-order valence-corrected chi connectivity index (χ0v) is 15.0. The topological polar surface area (TPSA) is 17.8 Å². The van der Waals surface area contributed by atoms with Gasteiger partial charge in [-0.25, -0.2) is 4.68 Å². The Morgan fingerprint density at radius 2 is 1.73 bits per heavy atom. The number of benzene rings is 3. The first-order valence-electron chi connectivity index (χ1n) is 9.03. The maximum absolute atomic E-state index is 4.78. The highest BCUT2D eigenvalue weighted by Crippen LogP contribution is 2.36. The van der Waals surface area contributed by atoms with Crippen molar-refractivity contribution < 1.29 is 0 Å². The summed E-state index contributed by atoms with van der Waals surface area (Å²) in [6.45, 7) is 4.34. The Hall–Kier alpha value is -3.13. The minimum atomic E-state index is 1.02. The van der Waals surface area contributed by atoms with Crippen LogP contribution in [0.2, 0.25) is 0 Å². The quantitative estimate of drug-likeness (QED) is 0.441. The molecule has 126 valence electrons. The van der Waals surface area contributed by atoms with E-state index in [2.05, 4.69) is 80.7 Å². The van der Waals surface area contributed by atoms with Crippen LogP contribution in [-0.4, -0.2) is 9.78 Å². The first kappa shape index (κ1) is 15.2. The molecule has 0 N–H and O–H groups in total. The summed E-state index contributed by atoms with van der Waals surface area (Å²) in [6, 6.07) is 21.6. The molecule has 26 heavy (non-hydrogen) atoms.